The minimum absolute atomic E-state index is 0.682. The van der Waals surface area contributed by atoms with Gasteiger partial charge < -0.3 is 65.3 Å². The SMILES string of the molecule is CC(=O)c1c(O)c([C@@H]2O[C@H](CO)[C@@H](O)[C@H](O)[C@H]2O)c(O)c([C@@H]2O[C@H](COC(=O)/C=C/c3ccccc3)[C@@H](O)[C@H](O)[C@H]2O)c1O. The van der Waals surface area contributed by atoms with Crippen molar-refractivity contribution in [2.24, 2.45) is 0 Å². The molecule has 0 radical (unpaired) electrons. The molecule has 0 unspecified atom stereocenters. The lowest BCUT2D eigenvalue weighted by Crippen LogP contribution is -2.56. The number of aliphatic hydroxyl groups excluding tert-OH is 7. The number of ketones is 1. The molecular formula is C29H34O15. The largest absolute Gasteiger partial charge is 0.507 e. The number of phenols is 3. The number of ether oxygens (including phenoxy) is 3. The van der Waals surface area contributed by atoms with Gasteiger partial charge in [0.15, 0.2) is 5.78 Å². The molecule has 2 aliphatic rings. The average Bonchev–Trinajstić information content (AvgIpc) is 2.99. The van der Waals surface area contributed by atoms with E-state index in [0.717, 1.165) is 13.0 Å². The van der Waals surface area contributed by atoms with Crippen LogP contribution < -0.4 is 0 Å². The Bertz CT molecular complexity index is 1380. The van der Waals surface area contributed by atoms with E-state index in [4.69, 9.17) is 14.2 Å². The van der Waals surface area contributed by atoms with E-state index >= 15 is 0 Å². The molecule has 0 bridgehead atoms. The smallest absolute Gasteiger partial charge is 0.330 e. The molecule has 15 nitrogen and oxygen atoms in total. The van der Waals surface area contributed by atoms with Gasteiger partial charge in [-0.25, -0.2) is 4.79 Å². The number of phenolic OH excluding ortho intramolecular Hbond substituents is 3. The Morgan fingerprint density at radius 3 is 1.75 bits per heavy atom. The second-order valence-electron chi connectivity index (χ2n) is 10.5. The summed E-state index contributed by atoms with van der Waals surface area (Å²) in [4.78, 5) is 24.8. The summed E-state index contributed by atoms with van der Waals surface area (Å²) in [5.74, 6) is -5.16. The lowest BCUT2D eigenvalue weighted by atomic mass is 9.84. The summed E-state index contributed by atoms with van der Waals surface area (Å²) in [5, 5.41) is 106. The van der Waals surface area contributed by atoms with Crippen LogP contribution in [0.25, 0.3) is 6.08 Å². The van der Waals surface area contributed by atoms with Crippen molar-refractivity contribution in [3.05, 3.63) is 58.7 Å². The van der Waals surface area contributed by atoms with Gasteiger partial charge in [0.05, 0.1) is 17.7 Å². The van der Waals surface area contributed by atoms with Gasteiger partial charge in [-0.2, -0.15) is 0 Å². The van der Waals surface area contributed by atoms with Crippen molar-refractivity contribution in [3.63, 3.8) is 0 Å². The molecule has 10 atom stereocenters. The first kappa shape index (κ1) is 33.3. The number of esters is 1. The lowest BCUT2D eigenvalue weighted by molar-refractivity contribution is -0.235. The Morgan fingerprint density at radius 2 is 1.25 bits per heavy atom. The second-order valence-corrected chi connectivity index (χ2v) is 10.5. The molecule has 15 heteroatoms. The van der Waals surface area contributed by atoms with Gasteiger partial charge in [0, 0.05) is 6.08 Å². The van der Waals surface area contributed by atoms with Crippen LogP contribution in [0.4, 0.5) is 0 Å². The second kappa shape index (κ2) is 13.6. The van der Waals surface area contributed by atoms with Gasteiger partial charge in [-0.3, -0.25) is 4.79 Å². The van der Waals surface area contributed by atoms with Crippen molar-refractivity contribution in [1.29, 1.82) is 0 Å². The van der Waals surface area contributed by atoms with E-state index in [1.807, 2.05) is 0 Å². The summed E-state index contributed by atoms with van der Waals surface area (Å²) in [6.45, 7) is -0.629. The van der Waals surface area contributed by atoms with Gasteiger partial charge in [-0.1, -0.05) is 30.3 Å². The Morgan fingerprint density at radius 1 is 0.750 bits per heavy atom. The van der Waals surface area contributed by atoms with Gasteiger partial charge in [0.25, 0.3) is 0 Å². The molecule has 2 saturated heterocycles. The highest BCUT2D eigenvalue weighted by Crippen LogP contribution is 2.52. The predicted molar refractivity (Wildman–Crippen MR) is 146 cm³/mol. The fourth-order valence-corrected chi connectivity index (χ4v) is 5.23. The summed E-state index contributed by atoms with van der Waals surface area (Å²) < 4.78 is 16.2. The first-order valence-corrected chi connectivity index (χ1v) is 13.5. The molecule has 2 heterocycles. The van der Waals surface area contributed by atoms with Crippen molar-refractivity contribution in [3.8, 4) is 17.2 Å². The molecule has 0 aliphatic carbocycles. The van der Waals surface area contributed by atoms with Gasteiger partial charge in [0.2, 0.25) is 0 Å². The fourth-order valence-electron chi connectivity index (χ4n) is 5.23. The van der Waals surface area contributed by atoms with Crippen molar-refractivity contribution in [1.82, 2.24) is 0 Å². The summed E-state index contributed by atoms with van der Waals surface area (Å²) >= 11 is 0. The fraction of sp³-hybridized carbons (Fsp3) is 0.448. The number of aromatic hydroxyl groups is 3. The molecular weight excluding hydrogens is 588 g/mol. The number of benzene rings is 2. The monoisotopic (exact) mass is 622 g/mol. The van der Waals surface area contributed by atoms with Crippen LogP contribution in [0.5, 0.6) is 17.2 Å². The van der Waals surface area contributed by atoms with E-state index in [9.17, 15) is 60.7 Å². The van der Waals surface area contributed by atoms with Crippen LogP contribution in [0, 0.1) is 0 Å². The minimum atomic E-state index is -2.08. The zero-order chi connectivity index (χ0) is 32.5. The number of carbonyl (C=O) groups is 2. The maximum atomic E-state index is 12.5. The van der Waals surface area contributed by atoms with Crippen molar-refractivity contribution in [2.75, 3.05) is 13.2 Å². The molecule has 10 N–H and O–H groups in total. The highest BCUT2D eigenvalue weighted by atomic mass is 16.6. The molecule has 240 valence electrons. The van der Waals surface area contributed by atoms with Crippen LogP contribution in [-0.2, 0) is 19.0 Å². The molecule has 2 aromatic carbocycles. The Hall–Kier alpha value is -3.64. The normalized spacial score (nSPS) is 32.5. The van der Waals surface area contributed by atoms with Gasteiger partial charge >= 0.3 is 5.97 Å². The van der Waals surface area contributed by atoms with Crippen molar-refractivity contribution >= 4 is 17.8 Å². The lowest BCUT2D eigenvalue weighted by Gasteiger charge is -2.42. The highest BCUT2D eigenvalue weighted by molar-refractivity contribution is 6.01. The van der Waals surface area contributed by atoms with Crippen LogP contribution in [-0.4, -0.2) is 125 Å². The summed E-state index contributed by atoms with van der Waals surface area (Å²) in [7, 11) is 0. The Labute approximate surface area is 250 Å². The molecule has 2 aliphatic heterocycles. The topological polar surface area (TPSA) is 264 Å². The first-order valence-electron chi connectivity index (χ1n) is 13.5. The molecule has 4 rings (SSSR count). The Kier molecular flexibility index (Phi) is 10.2. The third-order valence-corrected chi connectivity index (χ3v) is 7.62. The van der Waals surface area contributed by atoms with Crippen LogP contribution in [0.1, 0.15) is 46.2 Å². The minimum Gasteiger partial charge on any atom is -0.507 e. The molecule has 2 aromatic rings. The third-order valence-electron chi connectivity index (χ3n) is 7.62. The van der Waals surface area contributed by atoms with Crippen LogP contribution in [0.2, 0.25) is 0 Å². The van der Waals surface area contributed by atoms with Crippen molar-refractivity contribution < 1.29 is 74.9 Å². The van der Waals surface area contributed by atoms with Gasteiger partial charge in [-0.05, 0) is 18.6 Å². The number of rotatable bonds is 8. The quantitative estimate of drug-likeness (QED) is 0.0893. The maximum Gasteiger partial charge on any atom is 0.330 e. The molecule has 0 spiro atoms. The molecule has 0 saturated carbocycles. The van der Waals surface area contributed by atoms with E-state index in [2.05, 4.69) is 0 Å². The molecule has 0 aromatic heterocycles. The Balaban J connectivity index is 1.70. The zero-order valence-electron chi connectivity index (χ0n) is 23.2. The number of hydrogen-bond acceptors (Lipinski definition) is 15. The number of aliphatic hydroxyl groups is 7. The predicted octanol–water partition coefficient (Wildman–Crippen LogP) is -1.70. The molecule has 44 heavy (non-hydrogen) atoms. The zero-order valence-corrected chi connectivity index (χ0v) is 23.2. The third kappa shape index (κ3) is 6.28. The standard InChI is InChI=1S/C29H34O15/c1-11(31)16-21(35)17(28-26(40)24(38)19(33)13(9-30)43-28)23(37)18(22(16)36)29-27(41)25(39)20(34)14(44-29)10-42-15(32)8-7-12-5-3-2-4-6-12/h2-8,13-14,19-20,24-30,33-41H,9-10H2,1H3/b8-7+/t13-,14-,19-,20-,24+,25+,26-,27-,28+,29+/m1/s1. The van der Waals surface area contributed by atoms with E-state index < -0.39 is 120 Å². The van der Waals surface area contributed by atoms with Crippen LogP contribution in [0.15, 0.2) is 36.4 Å². The maximum absolute atomic E-state index is 12.5. The highest BCUT2D eigenvalue weighted by Gasteiger charge is 2.50. The molecule has 2 fully saturated rings. The summed E-state index contributed by atoms with van der Waals surface area (Å²) in [6.07, 6.45) is -16.1. The van der Waals surface area contributed by atoms with E-state index in [0.29, 0.717) is 5.56 Å². The van der Waals surface area contributed by atoms with E-state index in [-0.39, 0.29) is 0 Å². The number of Topliss-reactive ketones (excluding diaryl/α,β-unsaturated/α-hetero) is 1. The van der Waals surface area contributed by atoms with E-state index in [1.54, 1.807) is 30.3 Å². The van der Waals surface area contributed by atoms with Crippen LogP contribution >= 0.6 is 0 Å². The van der Waals surface area contributed by atoms with Gasteiger partial charge in [0.1, 0.15) is 90.5 Å². The first-order chi connectivity index (χ1) is 20.8. The summed E-state index contributed by atoms with van der Waals surface area (Å²) in [5.41, 5.74) is -1.73. The summed E-state index contributed by atoms with van der Waals surface area (Å²) in [6, 6.07) is 8.73. The number of carbonyl (C=O) groups excluding carboxylic acids is 2. The van der Waals surface area contributed by atoms with Crippen LogP contribution in [0.3, 0.4) is 0 Å². The van der Waals surface area contributed by atoms with E-state index in [1.165, 1.54) is 6.08 Å². The van der Waals surface area contributed by atoms with Crippen molar-refractivity contribution in [2.45, 2.75) is 68.0 Å². The number of hydrogen-bond donors (Lipinski definition) is 10. The molecule has 0 amide bonds. The average molecular weight is 623 g/mol. The van der Waals surface area contributed by atoms with Gasteiger partial charge in [-0.15, -0.1) is 0 Å².